The van der Waals surface area contributed by atoms with E-state index >= 15 is 0 Å². The molecule has 0 saturated heterocycles. The van der Waals surface area contributed by atoms with E-state index in [9.17, 15) is 14.4 Å². The monoisotopic (exact) mass is 396 g/mol. The molecule has 138 valence electrons. The summed E-state index contributed by atoms with van der Waals surface area (Å²) < 4.78 is 10.5. The Kier molecular flexibility index (Phi) is 7.14. The summed E-state index contributed by atoms with van der Waals surface area (Å²) in [7, 11) is 2.78. The molecule has 1 aromatic carbocycles. The Morgan fingerprint density at radius 2 is 1.77 bits per heavy atom. The van der Waals surface area contributed by atoms with Gasteiger partial charge in [0.1, 0.15) is 6.10 Å². The highest BCUT2D eigenvalue weighted by Crippen LogP contribution is 2.28. The number of methoxy groups -OCH3 is 2. The third-order valence-electron chi connectivity index (χ3n) is 3.41. The summed E-state index contributed by atoms with van der Waals surface area (Å²) in [5, 5.41) is 4.96. The van der Waals surface area contributed by atoms with E-state index in [0.29, 0.717) is 15.6 Å². The number of benzene rings is 1. The van der Waals surface area contributed by atoms with E-state index in [1.807, 2.05) is 0 Å². The van der Waals surface area contributed by atoms with E-state index in [2.05, 4.69) is 15.4 Å². The van der Waals surface area contributed by atoms with Gasteiger partial charge in [0.2, 0.25) is 0 Å². The highest BCUT2D eigenvalue weighted by Gasteiger charge is 2.18. The van der Waals surface area contributed by atoms with Gasteiger partial charge in [0.05, 0.1) is 17.0 Å². The number of ether oxygens (including phenoxy) is 2. The van der Waals surface area contributed by atoms with E-state index in [-0.39, 0.29) is 6.54 Å². The van der Waals surface area contributed by atoms with Gasteiger partial charge >= 0.3 is 17.8 Å². The predicted octanol–water partition coefficient (Wildman–Crippen LogP) is 2.63. The van der Waals surface area contributed by atoms with E-state index < -0.39 is 23.9 Å². The van der Waals surface area contributed by atoms with Crippen molar-refractivity contribution in [3.8, 4) is 0 Å². The number of anilines is 1. The molecule has 2 amide bonds. The Labute approximate surface area is 159 Å². The van der Waals surface area contributed by atoms with Crippen LogP contribution in [0.5, 0.6) is 0 Å². The van der Waals surface area contributed by atoms with Crippen LogP contribution in [-0.2, 0) is 19.1 Å². The van der Waals surface area contributed by atoms with Crippen LogP contribution in [0.4, 0.5) is 5.69 Å². The molecule has 0 saturated carbocycles. The number of esters is 1. The van der Waals surface area contributed by atoms with Gasteiger partial charge in [-0.3, -0.25) is 9.59 Å². The standard InChI is InChI=1S/C17H17ClN2O5S/c1-24-12(13-7-8-14(18)26-13)9-19-15(21)16(22)20-11-5-3-10(4-6-11)17(23)25-2/h3-8,12H,9H2,1-2H3,(H,19,21)(H,20,22). The Bertz CT molecular complexity index is 791. The molecule has 0 aliphatic rings. The van der Waals surface area contributed by atoms with Crippen molar-refractivity contribution in [2.24, 2.45) is 0 Å². The first-order chi connectivity index (χ1) is 12.4. The van der Waals surface area contributed by atoms with Crippen molar-refractivity contribution in [2.45, 2.75) is 6.10 Å². The molecule has 1 atom stereocenters. The molecule has 0 radical (unpaired) electrons. The number of nitrogens with one attached hydrogen (secondary N) is 2. The summed E-state index contributed by atoms with van der Waals surface area (Å²) in [6.45, 7) is 0.126. The van der Waals surface area contributed by atoms with Crippen LogP contribution >= 0.6 is 22.9 Å². The average Bonchev–Trinajstić information content (AvgIpc) is 3.08. The first kappa shape index (κ1) is 19.9. The number of amides is 2. The largest absolute Gasteiger partial charge is 0.465 e. The number of hydrogen-bond donors (Lipinski definition) is 2. The van der Waals surface area contributed by atoms with Crippen LogP contribution in [0.2, 0.25) is 4.34 Å². The third-order valence-corrected chi connectivity index (χ3v) is 4.74. The van der Waals surface area contributed by atoms with Gasteiger partial charge in [0.25, 0.3) is 0 Å². The zero-order valence-electron chi connectivity index (χ0n) is 14.1. The maximum Gasteiger partial charge on any atom is 0.337 e. The van der Waals surface area contributed by atoms with Crippen LogP contribution in [-0.4, -0.2) is 38.5 Å². The summed E-state index contributed by atoms with van der Waals surface area (Å²) in [4.78, 5) is 36.1. The number of hydrogen-bond acceptors (Lipinski definition) is 6. The molecule has 0 aliphatic carbocycles. The van der Waals surface area contributed by atoms with Crippen molar-refractivity contribution in [1.29, 1.82) is 0 Å². The number of carbonyl (C=O) groups excluding carboxylic acids is 3. The van der Waals surface area contributed by atoms with Crippen LogP contribution in [0.15, 0.2) is 36.4 Å². The average molecular weight is 397 g/mol. The lowest BCUT2D eigenvalue weighted by molar-refractivity contribution is -0.136. The van der Waals surface area contributed by atoms with E-state index in [1.165, 1.54) is 49.8 Å². The Morgan fingerprint density at radius 3 is 2.31 bits per heavy atom. The molecular formula is C17H17ClN2O5S. The summed E-state index contributed by atoms with van der Waals surface area (Å²) in [6.07, 6.45) is -0.399. The van der Waals surface area contributed by atoms with Gasteiger partial charge in [-0.05, 0) is 36.4 Å². The fraction of sp³-hybridized carbons (Fsp3) is 0.235. The first-order valence-corrected chi connectivity index (χ1v) is 8.69. The number of thiophene rings is 1. The molecule has 0 aliphatic heterocycles. The zero-order valence-corrected chi connectivity index (χ0v) is 15.6. The van der Waals surface area contributed by atoms with Crippen LogP contribution in [0, 0.1) is 0 Å². The molecule has 1 heterocycles. The lowest BCUT2D eigenvalue weighted by Crippen LogP contribution is -2.37. The van der Waals surface area contributed by atoms with Crippen LogP contribution < -0.4 is 10.6 Å². The fourth-order valence-electron chi connectivity index (χ4n) is 2.06. The second-order valence-corrected chi connectivity index (χ2v) is 6.85. The fourth-order valence-corrected chi connectivity index (χ4v) is 3.20. The zero-order chi connectivity index (χ0) is 19.1. The highest BCUT2D eigenvalue weighted by atomic mass is 35.5. The number of carbonyl (C=O) groups is 3. The van der Waals surface area contributed by atoms with Crippen molar-refractivity contribution in [2.75, 3.05) is 26.1 Å². The molecule has 2 aromatic rings. The van der Waals surface area contributed by atoms with Gasteiger partial charge in [0, 0.05) is 24.2 Å². The maximum atomic E-state index is 12.0. The third kappa shape index (κ3) is 5.29. The van der Waals surface area contributed by atoms with E-state index in [0.717, 1.165) is 4.88 Å². The Balaban J connectivity index is 1.88. The second kappa shape index (κ2) is 9.33. The first-order valence-electron chi connectivity index (χ1n) is 7.50. The lowest BCUT2D eigenvalue weighted by Gasteiger charge is -2.14. The van der Waals surface area contributed by atoms with Gasteiger partial charge in [0.15, 0.2) is 0 Å². The number of halogens is 1. The van der Waals surface area contributed by atoms with Crippen molar-refractivity contribution >= 4 is 46.4 Å². The second-order valence-electron chi connectivity index (χ2n) is 5.10. The van der Waals surface area contributed by atoms with Crippen molar-refractivity contribution in [3.63, 3.8) is 0 Å². The molecule has 2 rings (SSSR count). The Hall–Kier alpha value is -2.42. The van der Waals surface area contributed by atoms with Crippen LogP contribution in [0.25, 0.3) is 0 Å². The van der Waals surface area contributed by atoms with E-state index in [1.54, 1.807) is 12.1 Å². The summed E-state index contributed by atoms with van der Waals surface area (Å²) in [6, 6.07) is 9.52. The van der Waals surface area contributed by atoms with Gasteiger partial charge < -0.3 is 20.1 Å². The minimum atomic E-state index is -0.824. The number of rotatable bonds is 6. The minimum Gasteiger partial charge on any atom is -0.465 e. The highest BCUT2D eigenvalue weighted by molar-refractivity contribution is 7.16. The predicted molar refractivity (Wildman–Crippen MR) is 98.5 cm³/mol. The molecular weight excluding hydrogens is 380 g/mol. The molecule has 0 spiro atoms. The molecule has 7 nitrogen and oxygen atoms in total. The van der Waals surface area contributed by atoms with Crippen molar-refractivity contribution in [1.82, 2.24) is 5.32 Å². The maximum absolute atomic E-state index is 12.0. The van der Waals surface area contributed by atoms with Gasteiger partial charge in [-0.15, -0.1) is 11.3 Å². The smallest absolute Gasteiger partial charge is 0.337 e. The topological polar surface area (TPSA) is 93.7 Å². The Morgan fingerprint density at radius 1 is 1.08 bits per heavy atom. The van der Waals surface area contributed by atoms with Crippen molar-refractivity contribution in [3.05, 3.63) is 51.2 Å². The summed E-state index contributed by atoms with van der Waals surface area (Å²) >= 11 is 7.23. The van der Waals surface area contributed by atoms with Crippen LogP contribution in [0.3, 0.4) is 0 Å². The van der Waals surface area contributed by atoms with Gasteiger partial charge in [-0.2, -0.15) is 0 Å². The molecule has 0 fully saturated rings. The molecule has 2 N–H and O–H groups in total. The molecule has 1 aromatic heterocycles. The van der Waals surface area contributed by atoms with Gasteiger partial charge in [-0.25, -0.2) is 4.79 Å². The van der Waals surface area contributed by atoms with Gasteiger partial charge in [-0.1, -0.05) is 11.6 Å². The molecule has 9 heteroatoms. The van der Waals surface area contributed by atoms with E-state index in [4.69, 9.17) is 16.3 Å². The minimum absolute atomic E-state index is 0.126. The quantitative estimate of drug-likeness (QED) is 0.578. The van der Waals surface area contributed by atoms with Crippen molar-refractivity contribution < 1.29 is 23.9 Å². The summed E-state index contributed by atoms with van der Waals surface area (Å²) in [5.41, 5.74) is 0.721. The SMILES string of the molecule is COC(=O)c1ccc(NC(=O)C(=O)NCC(OC)c2ccc(Cl)s2)cc1. The molecule has 1 unspecified atom stereocenters. The van der Waals surface area contributed by atoms with Crippen LogP contribution in [0.1, 0.15) is 21.3 Å². The molecule has 26 heavy (non-hydrogen) atoms. The summed E-state index contributed by atoms with van der Waals surface area (Å²) in [5.74, 6) is -2.11. The normalized spacial score (nSPS) is 11.5. The molecule has 0 bridgehead atoms. The lowest BCUT2D eigenvalue weighted by atomic mass is 10.2.